The Labute approximate surface area is 110 Å². The number of nitrogens with zero attached hydrogens (tertiary/aromatic N) is 2. The molecule has 6 heteroatoms. The molecular weight excluding hydrogens is 247 g/mol. The van der Waals surface area contributed by atoms with Crippen LogP contribution in [0.2, 0.25) is 0 Å². The maximum atomic E-state index is 12.9. The lowest BCUT2D eigenvalue weighted by molar-refractivity contribution is -0.125. The number of nitrogens with one attached hydrogen (secondary N) is 2. The molecule has 1 heterocycles. The van der Waals surface area contributed by atoms with Gasteiger partial charge in [0.1, 0.15) is 18.0 Å². The molecule has 2 N–H and O–H groups in total. The molecule has 2 rings (SSSR count). The standard InChI is InChI=1S/C13H15FN4O/c1-13(2,9-3-5-10(14)6-4-9)12(19)15-7-11-16-8-17-18-11/h3-6,8H,7H2,1-2H3,(H,15,19)(H,16,17,18). The van der Waals surface area contributed by atoms with Crippen LogP contribution in [-0.4, -0.2) is 21.1 Å². The lowest BCUT2D eigenvalue weighted by Gasteiger charge is -2.23. The van der Waals surface area contributed by atoms with Gasteiger partial charge in [0.2, 0.25) is 5.91 Å². The molecule has 0 saturated heterocycles. The molecule has 0 fully saturated rings. The van der Waals surface area contributed by atoms with Crippen LogP contribution in [0, 0.1) is 5.82 Å². The molecule has 0 unspecified atom stereocenters. The van der Waals surface area contributed by atoms with Crippen LogP contribution in [-0.2, 0) is 16.8 Å². The van der Waals surface area contributed by atoms with Gasteiger partial charge in [-0.25, -0.2) is 9.37 Å². The predicted molar refractivity (Wildman–Crippen MR) is 67.7 cm³/mol. The van der Waals surface area contributed by atoms with Gasteiger partial charge in [0.25, 0.3) is 0 Å². The Morgan fingerprint density at radius 3 is 2.63 bits per heavy atom. The number of rotatable bonds is 4. The summed E-state index contributed by atoms with van der Waals surface area (Å²) in [4.78, 5) is 16.1. The number of hydrogen-bond donors (Lipinski definition) is 2. The molecule has 0 aliphatic carbocycles. The summed E-state index contributed by atoms with van der Waals surface area (Å²) in [6.45, 7) is 3.86. The fraction of sp³-hybridized carbons (Fsp3) is 0.308. The Balaban J connectivity index is 2.06. The summed E-state index contributed by atoms with van der Waals surface area (Å²) in [6, 6.07) is 5.92. The molecule has 0 radical (unpaired) electrons. The first-order chi connectivity index (χ1) is 9.00. The maximum Gasteiger partial charge on any atom is 0.230 e. The van der Waals surface area contributed by atoms with Crippen LogP contribution in [0.4, 0.5) is 4.39 Å². The quantitative estimate of drug-likeness (QED) is 0.878. The van der Waals surface area contributed by atoms with Crippen molar-refractivity contribution in [1.82, 2.24) is 20.5 Å². The fourth-order valence-corrected chi connectivity index (χ4v) is 1.70. The van der Waals surface area contributed by atoms with Crippen LogP contribution in [0.1, 0.15) is 25.2 Å². The van der Waals surface area contributed by atoms with Gasteiger partial charge in [-0.1, -0.05) is 12.1 Å². The molecule has 5 nitrogen and oxygen atoms in total. The Hall–Kier alpha value is -2.24. The van der Waals surface area contributed by atoms with Gasteiger partial charge in [0, 0.05) is 0 Å². The minimum absolute atomic E-state index is 0.157. The van der Waals surface area contributed by atoms with Gasteiger partial charge in [-0.2, -0.15) is 5.10 Å². The molecule has 1 aromatic heterocycles. The van der Waals surface area contributed by atoms with Gasteiger partial charge in [-0.3, -0.25) is 9.89 Å². The van der Waals surface area contributed by atoms with E-state index in [2.05, 4.69) is 20.5 Å². The van der Waals surface area contributed by atoms with Crippen molar-refractivity contribution in [3.63, 3.8) is 0 Å². The normalized spacial score (nSPS) is 11.3. The minimum atomic E-state index is -0.742. The first-order valence-electron chi connectivity index (χ1n) is 5.89. The zero-order valence-electron chi connectivity index (χ0n) is 10.8. The highest BCUT2D eigenvalue weighted by atomic mass is 19.1. The number of halogens is 1. The highest BCUT2D eigenvalue weighted by Crippen LogP contribution is 2.23. The van der Waals surface area contributed by atoms with Crippen molar-refractivity contribution in [1.29, 1.82) is 0 Å². The van der Waals surface area contributed by atoms with Crippen molar-refractivity contribution >= 4 is 5.91 Å². The second-order valence-electron chi connectivity index (χ2n) is 4.75. The Kier molecular flexibility index (Phi) is 3.59. The lowest BCUT2D eigenvalue weighted by atomic mass is 9.84. The Morgan fingerprint density at radius 2 is 2.05 bits per heavy atom. The lowest BCUT2D eigenvalue weighted by Crippen LogP contribution is -2.39. The Morgan fingerprint density at radius 1 is 1.37 bits per heavy atom. The van der Waals surface area contributed by atoms with Crippen molar-refractivity contribution in [3.8, 4) is 0 Å². The Bertz CT molecular complexity index is 549. The van der Waals surface area contributed by atoms with Gasteiger partial charge >= 0.3 is 0 Å². The minimum Gasteiger partial charge on any atom is -0.348 e. The monoisotopic (exact) mass is 262 g/mol. The van der Waals surface area contributed by atoms with Crippen LogP contribution >= 0.6 is 0 Å². The molecule has 0 atom stereocenters. The van der Waals surface area contributed by atoms with Gasteiger partial charge in [0.15, 0.2) is 0 Å². The van der Waals surface area contributed by atoms with Crippen molar-refractivity contribution < 1.29 is 9.18 Å². The van der Waals surface area contributed by atoms with E-state index in [-0.39, 0.29) is 18.3 Å². The second-order valence-corrected chi connectivity index (χ2v) is 4.75. The number of amides is 1. The fourth-order valence-electron chi connectivity index (χ4n) is 1.70. The average Bonchev–Trinajstić information content (AvgIpc) is 2.89. The third-order valence-corrected chi connectivity index (χ3v) is 3.01. The first kappa shape index (κ1) is 13.2. The predicted octanol–water partition coefficient (Wildman–Crippen LogP) is 1.54. The highest BCUT2D eigenvalue weighted by Gasteiger charge is 2.29. The first-order valence-corrected chi connectivity index (χ1v) is 5.89. The van der Waals surface area contributed by atoms with E-state index in [0.717, 1.165) is 5.56 Å². The molecule has 2 aromatic rings. The van der Waals surface area contributed by atoms with E-state index in [9.17, 15) is 9.18 Å². The number of hydrogen-bond acceptors (Lipinski definition) is 3. The molecule has 1 amide bonds. The zero-order chi connectivity index (χ0) is 13.9. The van der Waals surface area contributed by atoms with Crippen LogP contribution < -0.4 is 5.32 Å². The number of aromatic amines is 1. The van der Waals surface area contributed by atoms with E-state index in [1.807, 2.05) is 0 Å². The third-order valence-electron chi connectivity index (χ3n) is 3.01. The largest absolute Gasteiger partial charge is 0.348 e. The summed E-state index contributed by atoms with van der Waals surface area (Å²) in [5.41, 5.74) is 0.0113. The summed E-state index contributed by atoms with van der Waals surface area (Å²) in [5.74, 6) is 0.111. The van der Waals surface area contributed by atoms with Crippen LogP contribution in [0.25, 0.3) is 0 Å². The molecule has 19 heavy (non-hydrogen) atoms. The summed E-state index contributed by atoms with van der Waals surface area (Å²) >= 11 is 0. The van der Waals surface area contributed by atoms with Gasteiger partial charge in [-0.05, 0) is 31.5 Å². The van der Waals surface area contributed by atoms with Gasteiger partial charge in [-0.15, -0.1) is 0 Å². The van der Waals surface area contributed by atoms with Crippen molar-refractivity contribution in [2.75, 3.05) is 0 Å². The zero-order valence-corrected chi connectivity index (χ0v) is 10.8. The second kappa shape index (κ2) is 5.17. The van der Waals surface area contributed by atoms with Crippen LogP contribution in [0.5, 0.6) is 0 Å². The van der Waals surface area contributed by atoms with Crippen LogP contribution in [0.3, 0.4) is 0 Å². The maximum absolute atomic E-state index is 12.9. The van der Waals surface area contributed by atoms with Crippen molar-refractivity contribution in [3.05, 3.63) is 47.8 Å². The summed E-state index contributed by atoms with van der Waals surface area (Å²) in [5, 5.41) is 9.14. The number of aromatic nitrogens is 3. The van der Waals surface area contributed by atoms with Crippen molar-refractivity contribution in [2.24, 2.45) is 0 Å². The molecule has 0 spiro atoms. The number of carbonyl (C=O) groups excluding carboxylic acids is 1. The van der Waals surface area contributed by atoms with E-state index in [0.29, 0.717) is 5.82 Å². The molecular formula is C13H15FN4O. The van der Waals surface area contributed by atoms with Gasteiger partial charge in [0.05, 0.1) is 12.0 Å². The van der Waals surface area contributed by atoms with E-state index >= 15 is 0 Å². The number of carbonyl (C=O) groups is 1. The molecule has 100 valence electrons. The SMILES string of the molecule is CC(C)(C(=O)NCc1ncn[nH]1)c1ccc(F)cc1. The highest BCUT2D eigenvalue weighted by molar-refractivity contribution is 5.87. The number of benzene rings is 1. The third kappa shape index (κ3) is 2.96. The topological polar surface area (TPSA) is 70.7 Å². The van der Waals surface area contributed by atoms with E-state index in [1.165, 1.54) is 18.5 Å². The van der Waals surface area contributed by atoms with E-state index in [1.54, 1.807) is 26.0 Å². The van der Waals surface area contributed by atoms with Crippen molar-refractivity contribution in [2.45, 2.75) is 25.8 Å². The molecule has 0 bridgehead atoms. The number of H-pyrrole nitrogens is 1. The molecule has 0 aliphatic rings. The van der Waals surface area contributed by atoms with Gasteiger partial charge < -0.3 is 5.32 Å². The van der Waals surface area contributed by atoms with Crippen LogP contribution in [0.15, 0.2) is 30.6 Å². The molecule has 0 aliphatic heterocycles. The molecule has 1 aromatic carbocycles. The smallest absolute Gasteiger partial charge is 0.230 e. The molecule has 0 saturated carbocycles. The van der Waals surface area contributed by atoms with E-state index < -0.39 is 5.41 Å². The summed E-state index contributed by atoms with van der Waals surface area (Å²) in [6.07, 6.45) is 1.38. The summed E-state index contributed by atoms with van der Waals surface area (Å²) < 4.78 is 12.9. The van der Waals surface area contributed by atoms with E-state index in [4.69, 9.17) is 0 Å². The summed E-state index contributed by atoms with van der Waals surface area (Å²) in [7, 11) is 0. The average molecular weight is 262 g/mol.